The molecule has 1 aromatic rings. The van der Waals surface area contributed by atoms with Gasteiger partial charge in [-0.3, -0.25) is 4.79 Å². The highest BCUT2D eigenvalue weighted by Crippen LogP contribution is 2.23. The summed E-state index contributed by atoms with van der Waals surface area (Å²) in [6.45, 7) is -0.207. The lowest BCUT2D eigenvalue weighted by Crippen LogP contribution is -2.23. The van der Waals surface area contributed by atoms with Crippen molar-refractivity contribution in [2.24, 2.45) is 5.10 Å². The molecule has 0 spiro atoms. The van der Waals surface area contributed by atoms with E-state index in [2.05, 4.69) is 10.4 Å². The van der Waals surface area contributed by atoms with Crippen molar-refractivity contribution >= 4 is 29.0 Å². The fourth-order valence-corrected chi connectivity index (χ4v) is 1.80. The van der Waals surface area contributed by atoms with Gasteiger partial charge in [0.15, 0.2) is 5.71 Å². The van der Waals surface area contributed by atoms with E-state index in [1.165, 1.54) is 0 Å². The SMILES string of the molecule is O=C(O)C1=NN(c2cccc(NCC(O)CO)c2)C(=O)C1. The number of hydrazone groups is 1. The number of anilines is 2. The lowest BCUT2D eigenvalue weighted by atomic mass is 10.2. The van der Waals surface area contributed by atoms with Crippen LogP contribution < -0.4 is 10.3 Å². The highest BCUT2D eigenvalue weighted by Gasteiger charge is 2.29. The van der Waals surface area contributed by atoms with E-state index in [4.69, 9.17) is 10.2 Å². The van der Waals surface area contributed by atoms with Crippen LogP contribution in [0, 0.1) is 0 Å². The lowest BCUT2D eigenvalue weighted by molar-refractivity contribution is -0.129. The van der Waals surface area contributed by atoms with Crippen LogP contribution in [0.5, 0.6) is 0 Å². The van der Waals surface area contributed by atoms with Crippen LogP contribution in [0.15, 0.2) is 29.4 Å². The zero-order valence-corrected chi connectivity index (χ0v) is 11.1. The van der Waals surface area contributed by atoms with Gasteiger partial charge in [-0.05, 0) is 18.2 Å². The van der Waals surface area contributed by atoms with Gasteiger partial charge in [0, 0.05) is 12.2 Å². The van der Waals surface area contributed by atoms with Gasteiger partial charge in [0.1, 0.15) is 0 Å². The van der Waals surface area contributed by atoms with Crippen LogP contribution in [0.3, 0.4) is 0 Å². The number of hydrogen-bond donors (Lipinski definition) is 4. The van der Waals surface area contributed by atoms with E-state index >= 15 is 0 Å². The average molecular weight is 293 g/mol. The summed E-state index contributed by atoms with van der Waals surface area (Å²) >= 11 is 0. The van der Waals surface area contributed by atoms with Gasteiger partial charge < -0.3 is 20.6 Å². The molecule has 21 heavy (non-hydrogen) atoms. The Labute approximate surface area is 120 Å². The molecule has 0 radical (unpaired) electrons. The van der Waals surface area contributed by atoms with Crippen LogP contribution >= 0.6 is 0 Å². The predicted octanol–water partition coefficient (Wildman–Crippen LogP) is -0.371. The van der Waals surface area contributed by atoms with E-state index in [1.54, 1.807) is 24.3 Å². The number of carbonyl (C=O) groups excluding carboxylic acids is 1. The molecule has 0 saturated heterocycles. The second-order valence-corrected chi connectivity index (χ2v) is 4.50. The third-order valence-electron chi connectivity index (χ3n) is 2.87. The quantitative estimate of drug-likeness (QED) is 0.567. The van der Waals surface area contributed by atoms with E-state index in [1.807, 2.05) is 0 Å². The van der Waals surface area contributed by atoms with Crippen molar-refractivity contribution in [1.29, 1.82) is 0 Å². The highest BCUT2D eigenvalue weighted by atomic mass is 16.4. The minimum Gasteiger partial charge on any atom is -0.477 e. The van der Waals surface area contributed by atoms with Gasteiger partial charge in [-0.25, -0.2) is 4.79 Å². The summed E-state index contributed by atoms with van der Waals surface area (Å²) in [7, 11) is 0. The number of hydrogen-bond acceptors (Lipinski definition) is 6. The Morgan fingerprint density at radius 2 is 2.24 bits per heavy atom. The summed E-state index contributed by atoms with van der Waals surface area (Å²) in [5, 5.41) is 34.6. The summed E-state index contributed by atoms with van der Waals surface area (Å²) < 4.78 is 0. The van der Waals surface area contributed by atoms with Crippen molar-refractivity contribution in [1.82, 2.24) is 0 Å². The van der Waals surface area contributed by atoms with Crippen molar-refractivity contribution in [2.45, 2.75) is 12.5 Å². The maximum absolute atomic E-state index is 11.8. The maximum Gasteiger partial charge on any atom is 0.352 e. The predicted molar refractivity (Wildman–Crippen MR) is 75.2 cm³/mol. The first-order chi connectivity index (χ1) is 10.0. The Balaban J connectivity index is 2.14. The standard InChI is InChI=1S/C13H15N3O5/c17-7-10(18)6-14-8-2-1-3-9(4-8)16-12(19)5-11(15-16)13(20)21/h1-4,10,14,17-18H,5-7H2,(H,20,21). The molecule has 0 fully saturated rings. The third-order valence-corrected chi connectivity index (χ3v) is 2.87. The van der Waals surface area contributed by atoms with Crippen LogP contribution in [-0.2, 0) is 9.59 Å². The van der Waals surface area contributed by atoms with Crippen LogP contribution in [0.1, 0.15) is 6.42 Å². The maximum atomic E-state index is 11.8. The van der Waals surface area contributed by atoms with E-state index in [-0.39, 0.29) is 25.3 Å². The first kappa shape index (κ1) is 14.9. The molecule has 112 valence electrons. The van der Waals surface area contributed by atoms with Crippen molar-refractivity contribution < 1.29 is 24.9 Å². The Morgan fingerprint density at radius 1 is 1.48 bits per heavy atom. The Morgan fingerprint density at radius 3 is 2.86 bits per heavy atom. The Kier molecular flexibility index (Phi) is 4.51. The van der Waals surface area contributed by atoms with Crippen LogP contribution in [0.2, 0.25) is 0 Å². The molecule has 1 aliphatic heterocycles. The van der Waals surface area contributed by atoms with Crippen molar-refractivity contribution in [2.75, 3.05) is 23.5 Å². The molecule has 2 rings (SSSR count). The number of carbonyl (C=O) groups is 2. The van der Waals surface area contributed by atoms with Gasteiger partial charge in [0.25, 0.3) is 5.91 Å². The molecule has 1 aromatic carbocycles. The normalized spacial score (nSPS) is 15.8. The first-order valence-corrected chi connectivity index (χ1v) is 6.28. The minimum atomic E-state index is -1.22. The van der Waals surface area contributed by atoms with Gasteiger partial charge in [-0.2, -0.15) is 10.1 Å². The van der Waals surface area contributed by atoms with E-state index in [9.17, 15) is 14.7 Å². The molecule has 1 amide bonds. The molecule has 1 heterocycles. The monoisotopic (exact) mass is 293 g/mol. The molecular weight excluding hydrogens is 278 g/mol. The van der Waals surface area contributed by atoms with E-state index in [0.717, 1.165) is 5.01 Å². The van der Waals surface area contributed by atoms with Crippen LogP contribution in [0.4, 0.5) is 11.4 Å². The number of aliphatic hydroxyl groups is 2. The largest absolute Gasteiger partial charge is 0.477 e. The fourth-order valence-electron chi connectivity index (χ4n) is 1.80. The molecule has 0 aliphatic carbocycles. The number of aliphatic carboxylic acids is 1. The zero-order valence-electron chi connectivity index (χ0n) is 11.1. The van der Waals surface area contributed by atoms with Crippen molar-refractivity contribution in [3.63, 3.8) is 0 Å². The number of amides is 1. The molecule has 8 heteroatoms. The molecule has 0 bridgehead atoms. The topological polar surface area (TPSA) is 122 Å². The van der Waals surface area contributed by atoms with Gasteiger partial charge >= 0.3 is 5.97 Å². The molecule has 1 aliphatic rings. The average Bonchev–Trinajstić information content (AvgIpc) is 2.87. The molecule has 4 N–H and O–H groups in total. The van der Waals surface area contributed by atoms with Gasteiger partial charge in [-0.1, -0.05) is 6.07 Å². The summed E-state index contributed by atoms with van der Waals surface area (Å²) in [6, 6.07) is 6.62. The molecule has 0 aromatic heterocycles. The molecule has 1 atom stereocenters. The summed E-state index contributed by atoms with van der Waals surface area (Å²) in [5.74, 6) is -1.63. The van der Waals surface area contributed by atoms with Gasteiger partial charge in [-0.15, -0.1) is 0 Å². The Hall–Kier alpha value is -2.45. The number of rotatable bonds is 6. The second-order valence-electron chi connectivity index (χ2n) is 4.50. The van der Waals surface area contributed by atoms with Crippen LogP contribution in [0.25, 0.3) is 0 Å². The van der Waals surface area contributed by atoms with Crippen molar-refractivity contribution in [3.8, 4) is 0 Å². The number of aliphatic hydroxyl groups excluding tert-OH is 2. The number of benzene rings is 1. The lowest BCUT2D eigenvalue weighted by Gasteiger charge is -2.14. The van der Waals surface area contributed by atoms with Gasteiger partial charge in [0.05, 0.1) is 24.8 Å². The summed E-state index contributed by atoms with van der Waals surface area (Å²) in [4.78, 5) is 22.6. The summed E-state index contributed by atoms with van der Waals surface area (Å²) in [6.07, 6.45) is -1.13. The van der Waals surface area contributed by atoms with Crippen LogP contribution in [-0.4, -0.2) is 52.2 Å². The fraction of sp³-hybridized carbons (Fsp3) is 0.308. The smallest absolute Gasteiger partial charge is 0.352 e. The molecule has 8 nitrogen and oxygen atoms in total. The molecule has 0 saturated carbocycles. The zero-order chi connectivity index (χ0) is 15.4. The summed E-state index contributed by atoms with van der Waals surface area (Å²) in [5.41, 5.74) is 0.848. The first-order valence-electron chi connectivity index (χ1n) is 6.28. The number of nitrogens with zero attached hydrogens (tertiary/aromatic N) is 2. The van der Waals surface area contributed by atoms with E-state index in [0.29, 0.717) is 11.4 Å². The third kappa shape index (κ3) is 3.56. The number of nitrogens with one attached hydrogen (secondary N) is 1. The number of carboxylic acids is 1. The molecular formula is C13H15N3O5. The van der Waals surface area contributed by atoms with E-state index < -0.39 is 18.0 Å². The minimum absolute atomic E-state index is 0.150. The van der Waals surface area contributed by atoms with Crippen molar-refractivity contribution in [3.05, 3.63) is 24.3 Å². The molecule has 1 unspecified atom stereocenters. The highest BCUT2D eigenvalue weighted by molar-refractivity contribution is 6.42. The Bertz CT molecular complexity index is 587. The van der Waals surface area contributed by atoms with Gasteiger partial charge in [0.2, 0.25) is 0 Å². The number of carboxylic acid groups (broad SMARTS) is 1. The second kappa shape index (κ2) is 6.33.